The number of nitrogens with zero attached hydrogens (tertiary/aromatic N) is 1. The van der Waals surface area contributed by atoms with Gasteiger partial charge in [0.05, 0.1) is 5.84 Å². The maximum atomic E-state index is 7.60. The Hall–Kier alpha value is -0.570. The van der Waals surface area contributed by atoms with E-state index in [0.29, 0.717) is 11.9 Å². The highest BCUT2D eigenvalue weighted by Gasteiger charge is 2.30. The van der Waals surface area contributed by atoms with Crippen LogP contribution in [0, 0.1) is 22.7 Å². The number of likely N-dealkylation sites (tertiary alicyclic amines) is 1. The summed E-state index contributed by atoms with van der Waals surface area (Å²) in [6, 6.07) is 0.661. The molecule has 17 heavy (non-hydrogen) atoms. The molecule has 1 saturated heterocycles. The lowest BCUT2D eigenvalue weighted by atomic mass is 9.83. The minimum Gasteiger partial charge on any atom is -0.387 e. The summed E-state index contributed by atoms with van der Waals surface area (Å²) in [5.74, 6) is 1.88. The number of rotatable bonds is 4. The van der Waals surface area contributed by atoms with Crippen LogP contribution in [0.4, 0.5) is 0 Å². The summed E-state index contributed by atoms with van der Waals surface area (Å²) < 4.78 is 0. The first-order chi connectivity index (χ1) is 7.74. The van der Waals surface area contributed by atoms with Crippen molar-refractivity contribution in [1.82, 2.24) is 4.90 Å². The molecule has 0 spiro atoms. The van der Waals surface area contributed by atoms with Gasteiger partial charge in [-0.05, 0) is 38.1 Å². The van der Waals surface area contributed by atoms with Gasteiger partial charge in [-0.15, -0.1) is 0 Å². The van der Waals surface area contributed by atoms with E-state index in [-0.39, 0.29) is 5.41 Å². The second-order valence-electron chi connectivity index (χ2n) is 6.60. The van der Waals surface area contributed by atoms with Crippen molar-refractivity contribution in [3.05, 3.63) is 0 Å². The quantitative estimate of drug-likeness (QED) is 0.585. The van der Waals surface area contributed by atoms with E-state index in [1.165, 1.54) is 13.0 Å². The van der Waals surface area contributed by atoms with E-state index in [0.717, 1.165) is 24.8 Å². The van der Waals surface area contributed by atoms with Crippen LogP contribution in [0.15, 0.2) is 0 Å². The zero-order valence-electron chi connectivity index (χ0n) is 12.1. The van der Waals surface area contributed by atoms with Crippen molar-refractivity contribution >= 4 is 5.84 Å². The lowest BCUT2D eigenvalue weighted by Crippen LogP contribution is -2.47. The van der Waals surface area contributed by atoms with Gasteiger partial charge >= 0.3 is 0 Å². The molecular formula is C14H29N3. The molecule has 0 bridgehead atoms. The van der Waals surface area contributed by atoms with E-state index in [4.69, 9.17) is 11.1 Å². The lowest BCUT2D eigenvalue weighted by molar-refractivity contribution is 0.0727. The molecule has 1 aliphatic rings. The summed E-state index contributed by atoms with van der Waals surface area (Å²) >= 11 is 0. The molecule has 1 heterocycles. The third kappa shape index (κ3) is 3.70. The van der Waals surface area contributed by atoms with E-state index in [1.54, 1.807) is 0 Å². The Morgan fingerprint density at radius 3 is 2.47 bits per heavy atom. The van der Waals surface area contributed by atoms with E-state index < -0.39 is 0 Å². The molecule has 1 fully saturated rings. The van der Waals surface area contributed by atoms with Gasteiger partial charge in [0.25, 0.3) is 0 Å². The molecule has 0 saturated carbocycles. The minimum atomic E-state index is -0.163. The van der Waals surface area contributed by atoms with Gasteiger partial charge in [-0.1, -0.05) is 27.7 Å². The predicted octanol–water partition coefficient (Wildman–Crippen LogP) is 2.71. The van der Waals surface area contributed by atoms with E-state index in [9.17, 15) is 0 Å². The molecule has 0 aromatic rings. The van der Waals surface area contributed by atoms with Crippen molar-refractivity contribution in [2.24, 2.45) is 23.0 Å². The van der Waals surface area contributed by atoms with Gasteiger partial charge in [-0.3, -0.25) is 5.41 Å². The summed E-state index contributed by atoms with van der Waals surface area (Å²) in [5, 5.41) is 7.60. The van der Waals surface area contributed by atoms with Crippen LogP contribution in [0.1, 0.15) is 47.5 Å². The number of hydrogen-bond donors (Lipinski definition) is 2. The smallest absolute Gasteiger partial charge is 0.0963 e. The van der Waals surface area contributed by atoms with Crippen LogP contribution in [0.3, 0.4) is 0 Å². The first-order valence-electron chi connectivity index (χ1n) is 6.82. The van der Waals surface area contributed by atoms with Crippen LogP contribution >= 0.6 is 0 Å². The zero-order valence-corrected chi connectivity index (χ0v) is 12.1. The largest absolute Gasteiger partial charge is 0.387 e. The molecule has 0 aliphatic carbocycles. The molecule has 0 aromatic heterocycles. The van der Waals surface area contributed by atoms with Crippen molar-refractivity contribution in [1.29, 1.82) is 5.41 Å². The van der Waals surface area contributed by atoms with Gasteiger partial charge in [0.15, 0.2) is 0 Å². The highest BCUT2D eigenvalue weighted by Crippen LogP contribution is 2.29. The van der Waals surface area contributed by atoms with Gasteiger partial charge in [-0.2, -0.15) is 0 Å². The number of hydrogen-bond acceptors (Lipinski definition) is 2. The minimum absolute atomic E-state index is 0.163. The van der Waals surface area contributed by atoms with Crippen LogP contribution in [0.25, 0.3) is 0 Å². The Labute approximate surface area is 106 Å². The van der Waals surface area contributed by atoms with Crippen LogP contribution in [0.5, 0.6) is 0 Å². The van der Waals surface area contributed by atoms with Crippen molar-refractivity contribution < 1.29 is 0 Å². The van der Waals surface area contributed by atoms with Gasteiger partial charge in [0, 0.05) is 18.0 Å². The fourth-order valence-corrected chi connectivity index (χ4v) is 2.69. The summed E-state index contributed by atoms with van der Waals surface area (Å²) in [6.07, 6.45) is 2.32. The van der Waals surface area contributed by atoms with Gasteiger partial charge in [0.1, 0.15) is 0 Å². The lowest BCUT2D eigenvalue weighted by Gasteiger charge is -2.42. The molecule has 3 unspecified atom stereocenters. The Morgan fingerprint density at radius 1 is 1.35 bits per heavy atom. The van der Waals surface area contributed by atoms with Crippen LogP contribution in [-0.4, -0.2) is 29.9 Å². The Bertz CT molecular complexity index is 273. The normalized spacial score (nSPS) is 31.5. The average Bonchev–Trinajstić information content (AvgIpc) is 2.21. The van der Waals surface area contributed by atoms with Crippen LogP contribution < -0.4 is 5.73 Å². The van der Waals surface area contributed by atoms with Gasteiger partial charge < -0.3 is 10.6 Å². The third-order valence-electron chi connectivity index (χ3n) is 4.47. The molecule has 3 atom stereocenters. The molecule has 3 N–H and O–H groups in total. The fourth-order valence-electron chi connectivity index (χ4n) is 2.69. The Morgan fingerprint density at radius 2 is 1.94 bits per heavy atom. The molecular weight excluding hydrogens is 210 g/mol. The highest BCUT2D eigenvalue weighted by atomic mass is 15.2. The van der Waals surface area contributed by atoms with Crippen molar-refractivity contribution in [3.8, 4) is 0 Å². The van der Waals surface area contributed by atoms with Crippen molar-refractivity contribution in [2.75, 3.05) is 13.1 Å². The third-order valence-corrected chi connectivity index (χ3v) is 4.47. The number of piperidine rings is 1. The molecule has 0 radical (unpaired) electrons. The summed E-state index contributed by atoms with van der Waals surface area (Å²) in [6.45, 7) is 13.4. The van der Waals surface area contributed by atoms with Crippen LogP contribution in [-0.2, 0) is 0 Å². The summed E-state index contributed by atoms with van der Waals surface area (Å²) in [7, 11) is 0. The maximum Gasteiger partial charge on any atom is 0.0963 e. The van der Waals surface area contributed by atoms with Crippen molar-refractivity contribution in [2.45, 2.75) is 53.5 Å². The number of nitrogens with one attached hydrogen (secondary N) is 1. The molecule has 1 aliphatic heterocycles. The summed E-state index contributed by atoms with van der Waals surface area (Å²) in [5.41, 5.74) is 5.48. The highest BCUT2D eigenvalue weighted by molar-refractivity contribution is 5.82. The Balaban J connectivity index is 2.53. The topological polar surface area (TPSA) is 53.1 Å². The van der Waals surface area contributed by atoms with E-state index in [2.05, 4.69) is 39.5 Å². The van der Waals surface area contributed by atoms with E-state index >= 15 is 0 Å². The predicted molar refractivity (Wildman–Crippen MR) is 74.3 cm³/mol. The number of amidine groups is 1. The summed E-state index contributed by atoms with van der Waals surface area (Å²) in [4.78, 5) is 2.57. The molecule has 1 rings (SSSR count). The first kappa shape index (κ1) is 14.5. The molecule has 100 valence electrons. The van der Waals surface area contributed by atoms with Gasteiger partial charge in [-0.25, -0.2) is 0 Å². The molecule has 3 heteroatoms. The second-order valence-corrected chi connectivity index (χ2v) is 6.60. The second kappa shape index (κ2) is 5.38. The first-order valence-corrected chi connectivity index (χ1v) is 6.82. The van der Waals surface area contributed by atoms with Crippen LogP contribution in [0.2, 0.25) is 0 Å². The van der Waals surface area contributed by atoms with Gasteiger partial charge in [0.2, 0.25) is 0 Å². The molecule has 0 aromatic carbocycles. The SMILES string of the molecule is CC1CC(C)C(C)N(CCC(C)(C)C(=N)N)C1. The fraction of sp³-hybridized carbons (Fsp3) is 0.929. The van der Waals surface area contributed by atoms with E-state index in [1.807, 2.05) is 0 Å². The average molecular weight is 239 g/mol. The monoisotopic (exact) mass is 239 g/mol. The number of nitrogens with two attached hydrogens (primary N) is 1. The molecule has 3 nitrogen and oxygen atoms in total. The Kier molecular flexibility index (Phi) is 4.59. The van der Waals surface area contributed by atoms with Crippen molar-refractivity contribution in [3.63, 3.8) is 0 Å². The maximum absolute atomic E-state index is 7.60. The standard InChI is InChI=1S/C14H29N3/c1-10-8-11(2)12(3)17(9-10)7-6-14(4,5)13(15)16/h10-12H,6-9H2,1-5H3,(H3,15,16). The molecule has 0 amide bonds. The zero-order chi connectivity index (χ0) is 13.2.